The number of fused-ring (bicyclic) bond motifs is 1. The number of nitrogens with zero attached hydrogens (tertiary/aromatic N) is 3. The van der Waals surface area contributed by atoms with E-state index in [9.17, 15) is 27.6 Å². The number of alkyl carbamates (subject to hydrolysis) is 1. The van der Waals surface area contributed by atoms with Crippen LogP contribution in [0, 0.1) is 18.3 Å². The average Bonchev–Trinajstić information content (AvgIpc) is 4.02. The van der Waals surface area contributed by atoms with Crippen LogP contribution in [0.5, 0.6) is 11.5 Å². The molecule has 2 saturated carbocycles. The summed E-state index contributed by atoms with van der Waals surface area (Å²) in [7, 11) is -2.35. The Bertz CT molecular complexity index is 2150. The average molecular weight is 795 g/mol. The number of aryl methyl sites for hydroxylation is 1. The van der Waals surface area contributed by atoms with E-state index in [2.05, 4.69) is 27.1 Å². The van der Waals surface area contributed by atoms with Crippen molar-refractivity contribution in [1.29, 1.82) is 0 Å². The van der Waals surface area contributed by atoms with Crippen LogP contribution in [-0.4, -0.2) is 95.5 Å². The van der Waals surface area contributed by atoms with Crippen LogP contribution in [0.4, 0.5) is 4.79 Å². The van der Waals surface area contributed by atoms with E-state index in [1.165, 1.54) is 11.0 Å². The maximum atomic E-state index is 14.6. The smallest absolute Gasteiger partial charge is 0.408 e. The van der Waals surface area contributed by atoms with Gasteiger partial charge < -0.3 is 34.3 Å². The van der Waals surface area contributed by atoms with Gasteiger partial charge in [-0.3, -0.25) is 19.1 Å². The van der Waals surface area contributed by atoms with Gasteiger partial charge >= 0.3 is 6.09 Å². The fraction of sp³-hybridized carbons (Fsp3) is 0.538. The van der Waals surface area contributed by atoms with Crippen molar-refractivity contribution in [3.8, 4) is 22.8 Å². The van der Waals surface area contributed by atoms with Crippen LogP contribution in [0.15, 0.2) is 47.5 Å². The third kappa shape index (κ3) is 8.46. The minimum absolute atomic E-state index is 0.0352. The molecule has 1 aromatic carbocycles. The summed E-state index contributed by atoms with van der Waals surface area (Å²) in [6.45, 7) is 15.8. The molecular formula is C39H50N6O10S. The van der Waals surface area contributed by atoms with Gasteiger partial charge in [-0.05, 0) is 76.6 Å². The molecule has 2 aliphatic carbocycles. The molecule has 0 spiro atoms. The first-order chi connectivity index (χ1) is 26.2. The summed E-state index contributed by atoms with van der Waals surface area (Å²) in [6, 6.07) is 6.62. The zero-order valence-electron chi connectivity index (χ0n) is 32.9. The van der Waals surface area contributed by atoms with Gasteiger partial charge in [-0.1, -0.05) is 32.0 Å². The molecule has 0 bridgehead atoms. The molecular weight excluding hydrogens is 745 g/mol. The Hall–Kier alpha value is -5.19. The number of aromatic nitrogens is 2. The first-order valence-corrected chi connectivity index (χ1v) is 20.1. The highest BCUT2D eigenvalue weighted by atomic mass is 32.2. The molecule has 0 unspecified atom stereocenters. The molecule has 5 atom stereocenters. The Morgan fingerprint density at radius 3 is 2.34 bits per heavy atom. The van der Waals surface area contributed by atoms with Gasteiger partial charge in [0.05, 0.1) is 24.6 Å². The Kier molecular flexibility index (Phi) is 10.6. The van der Waals surface area contributed by atoms with E-state index in [4.69, 9.17) is 23.7 Å². The van der Waals surface area contributed by atoms with Gasteiger partial charge in [0.1, 0.15) is 46.3 Å². The van der Waals surface area contributed by atoms with Crippen molar-refractivity contribution >= 4 is 44.9 Å². The molecule has 4 amide bonds. The predicted octanol–water partition coefficient (Wildman–Crippen LogP) is 4.16. The molecule has 3 fully saturated rings. The number of ether oxygens (including phenoxy) is 3. The van der Waals surface area contributed by atoms with Crippen LogP contribution in [0.3, 0.4) is 0 Å². The first kappa shape index (κ1) is 40.5. The zero-order valence-corrected chi connectivity index (χ0v) is 33.7. The maximum Gasteiger partial charge on any atom is 0.408 e. The minimum atomic E-state index is -3.93. The van der Waals surface area contributed by atoms with Crippen LogP contribution < -0.4 is 24.8 Å². The van der Waals surface area contributed by atoms with Crippen LogP contribution in [0.1, 0.15) is 72.9 Å². The molecule has 2 aromatic heterocycles. The van der Waals surface area contributed by atoms with E-state index in [1.807, 2.05) is 12.1 Å². The summed E-state index contributed by atoms with van der Waals surface area (Å²) in [5.41, 5.74) is -0.728. The highest BCUT2D eigenvalue weighted by Gasteiger charge is 2.62. The second kappa shape index (κ2) is 14.7. The van der Waals surface area contributed by atoms with Gasteiger partial charge in [0.2, 0.25) is 27.4 Å². The van der Waals surface area contributed by atoms with Crippen molar-refractivity contribution in [2.75, 3.05) is 13.7 Å². The number of pyridine rings is 1. The van der Waals surface area contributed by atoms with Crippen molar-refractivity contribution in [3.63, 3.8) is 0 Å². The molecule has 16 nitrogen and oxygen atoms in total. The number of carbonyl (C=O) groups excluding carboxylic acids is 4. The number of carbonyl (C=O) groups is 4. The van der Waals surface area contributed by atoms with Gasteiger partial charge in [-0.2, -0.15) is 0 Å². The highest BCUT2D eigenvalue weighted by molar-refractivity contribution is 7.91. The summed E-state index contributed by atoms with van der Waals surface area (Å²) in [4.78, 5) is 61.7. The minimum Gasteiger partial charge on any atom is -0.497 e. The summed E-state index contributed by atoms with van der Waals surface area (Å²) in [5, 5.41) is 8.92. The van der Waals surface area contributed by atoms with Gasteiger partial charge in [-0.25, -0.2) is 18.2 Å². The Balaban J connectivity index is 1.33. The van der Waals surface area contributed by atoms with E-state index in [0.717, 1.165) is 5.56 Å². The highest BCUT2D eigenvalue weighted by Crippen LogP contribution is 2.46. The number of nitrogens with one attached hydrogen (secondary N) is 3. The molecule has 56 heavy (non-hydrogen) atoms. The van der Waals surface area contributed by atoms with E-state index in [-0.39, 0.29) is 30.7 Å². The number of hydrogen-bond donors (Lipinski definition) is 3. The Labute approximate surface area is 326 Å². The maximum absolute atomic E-state index is 14.6. The topological polar surface area (TPSA) is 208 Å². The number of sulfonamides is 1. The molecule has 3 aromatic rings. The van der Waals surface area contributed by atoms with E-state index in [0.29, 0.717) is 35.5 Å². The fourth-order valence-electron chi connectivity index (χ4n) is 6.81. The van der Waals surface area contributed by atoms with Gasteiger partial charge in [0.15, 0.2) is 5.75 Å². The molecule has 3 N–H and O–H groups in total. The lowest BCUT2D eigenvalue weighted by Gasteiger charge is -2.36. The first-order valence-electron chi connectivity index (χ1n) is 18.5. The van der Waals surface area contributed by atoms with Crippen molar-refractivity contribution in [3.05, 3.63) is 48.7 Å². The van der Waals surface area contributed by atoms with Crippen molar-refractivity contribution in [1.82, 2.24) is 30.4 Å². The second-order valence-corrected chi connectivity index (χ2v) is 18.8. The van der Waals surface area contributed by atoms with E-state index >= 15 is 0 Å². The molecule has 6 rings (SSSR count). The molecule has 1 aliphatic heterocycles. The second-order valence-electron chi connectivity index (χ2n) is 16.8. The fourth-order valence-corrected chi connectivity index (χ4v) is 8.18. The SMILES string of the molecule is C=C[C@H]1C[C@@]1(NC(=O)[C@@H]1C[C@@H](Oc2cc(-c3ccc(OC)cc3)nc3c(C)noc23)CN1C(=O)[C@@H](NC(=O)OC(C)(C)C)C(C)(C)C)C(=O)NS(=O)(=O)C1CC1. The standard InChI is InChI=1S/C39H50N6O10S/c1-10-23-19-39(23,35(48)44-56(50,51)26-15-16-26)42-33(46)28-17-25(20-45(28)34(47)32(37(3,4)5)41-36(49)54-38(6,7)8)53-29-18-27(22-11-13-24(52-9)14-12-22)40-30-21(2)43-55-31(29)30/h10-14,18,23,25-26,28,32H,1,15-17,19-20H2,2-9H3,(H,41,49)(H,42,46)(H,44,48)/t23-,25+,28-,32+,39-/m0/s1. The predicted molar refractivity (Wildman–Crippen MR) is 205 cm³/mol. The van der Waals surface area contributed by atoms with Crippen LogP contribution in [-0.2, 0) is 29.1 Å². The molecule has 17 heteroatoms. The number of methoxy groups -OCH3 is 1. The molecule has 3 aliphatic rings. The Morgan fingerprint density at radius 1 is 1.09 bits per heavy atom. The lowest BCUT2D eigenvalue weighted by atomic mass is 9.85. The van der Waals surface area contributed by atoms with Gasteiger partial charge in [0.25, 0.3) is 5.91 Å². The summed E-state index contributed by atoms with van der Waals surface area (Å²) < 4.78 is 50.6. The number of amides is 4. The summed E-state index contributed by atoms with van der Waals surface area (Å²) in [5.74, 6) is -1.77. The largest absolute Gasteiger partial charge is 0.497 e. The quantitative estimate of drug-likeness (QED) is 0.221. The zero-order chi connectivity index (χ0) is 41.0. The molecule has 302 valence electrons. The van der Waals surface area contributed by atoms with E-state index in [1.54, 1.807) is 73.8 Å². The molecule has 1 saturated heterocycles. The monoisotopic (exact) mass is 794 g/mol. The number of benzene rings is 1. The molecule has 0 radical (unpaired) electrons. The number of hydrogen-bond acceptors (Lipinski definition) is 12. The Morgan fingerprint density at radius 2 is 1.77 bits per heavy atom. The van der Waals surface area contributed by atoms with E-state index < -0.39 is 79.7 Å². The van der Waals surface area contributed by atoms with Crippen LogP contribution >= 0.6 is 0 Å². The number of likely N-dealkylation sites (tertiary alicyclic amines) is 1. The van der Waals surface area contributed by atoms with Crippen molar-refractivity contribution in [2.24, 2.45) is 11.3 Å². The van der Waals surface area contributed by atoms with Crippen LogP contribution in [0.25, 0.3) is 22.4 Å². The van der Waals surface area contributed by atoms with Gasteiger partial charge in [-0.15, -0.1) is 6.58 Å². The van der Waals surface area contributed by atoms with Crippen LogP contribution in [0.2, 0.25) is 0 Å². The summed E-state index contributed by atoms with van der Waals surface area (Å²) >= 11 is 0. The lowest BCUT2D eigenvalue weighted by molar-refractivity contribution is -0.143. The van der Waals surface area contributed by atoms with Crippen molar-refractivity contribution in [2.45, 2.75) is 109 Å². The van der Waals surface area contributed by atoms with Gasteiger partial charge in [0, 0.05) is 24.0 Å². The van der Waals surface area contributed by atoms with Crippen molar-refractivity contribution < 1.29 is 46.3 Å². The normalized spacial score (nSPS) is 22.9. The third-order valence-electron chi connectivity index (χ3n) is 10.1. The summed E-state index contributed by atoms with van der Waals surface area (Å²) in [6.07, 6.45) is 0.842. The number of rotatable bonds is 12. The lowest BCUT2D eigenvalue weighted by Crippen LogP contribution is -2.60. The molecule has 3 heterocycles. The third-order valence-corrected chi connectivity index (χ3v) is 11.9.